The molecule has 114 valence electrons. The Morgan fingerprint density at radius 2 is 2.14 bits per heavy atom. The summed E-state index contributed by atoms with van der Waals surface area (Å²) in [6, 6.07) is 9.19. The molecule has 6 heteroatoms. The Morgan fingerprint density at radius 3 is 2.86 bits per heavy atom. The number of esters is 1. The molecule has 2 rings (SSSR count). The summed E-state index contributed by atoms with van der Waals surface area (Å²) in [5.74, 6) is -0.880. The molecular weight excluding hydrogens is 300 g/mol. The number of nitriles is 1. The van der Waals surface area contributed by atoms with Crippen molar-refractivity contribution < 1.29 is 14.3 Å². The van der Waals surface area contributed by atoms with E-state index in [1.807, 2.05) is 31.2 Å². The number of rotatable bonds is 6. The molecule has 0 aliphatic heterocycles. The highest BCUT2D eigenvalue weighted by Gasteiger charge is 2.21. The summed E-state index contributed by atoms with van der Waals surface area (Å²) in [6.45, 7) is 2.37. The van der Waals surface area contributed by atoms with Crippen molar-refractivity contribution in [2.24, 2.45) is 0 Å². The Bertz CT molecular complexity index is 731. The fourth-order valence-electron chi connectivity index (χ4n) is 1.96. The molecule has 1 amide bonds. The standard InChI is InChI=1S/C16H16N2O3S/c1-2-3-10-21-16(20)14-11-6-4-5-7-12(11)22-15(14)18-13(19)8-9-17/h4-7H,2-3,8,10H2,1H3,(H,18,19). The van der Waals surface area contributed by atoms with Crippen LogP contribution in [0.1, 0.15) is 36.5 Å². The summed E-state index contributed by atoms with van der Waals surface area (Å²) in [5, 5.41) is 12.4. The highest BCUT2D eigenvalue weighted by molar-refractivity contribution is 7.23. The van der Waals surface area contributed by atoms with Crippen LogP contribution in [0.2, 0.25) is 0 Å². The predicted octanol–water partition coefficient (Wildman–Crippen LogP) is 3.71. The van der Waals surface area contributed by atoms with Crippen LogP contribution >= 0.6 is 11.3 Å². The van der Waals surface area contributed by atoms with Gasteiger partial charge in [0, 0.05) is 10.1 Å². The van der Waals surface area contributed by atoms with Crippen LogP contribution in [0.15, 0.2) is 24.3 Å². The van der Waals surface area contributed by atoms with E-state index in [-0.39, 0.29) is 6.42 Å². The number of thiophene rings is 1. The molecule has 1 N–H and O–H groups in total. The number of carbonyl (C=O) groups excluding carboxylic acids is 2. The minimum absolute atomic E-state index is 0.251. The average molecular weight is 316 g/mol. The van der Waals surface area contributed by atoms with Crippen LogP contribution in [0, 0.1) is 11.3 Å². The van der Waals surface area contributed by atoms with Gasteiger partial charge in [0.05, 0.1) is 12.7 Å². The third-order valence-corrected chi connectivity index (χ3v) is 4.11. The number of benzene rings is 1. The second kappa shape index (κ2) is 7.57. The molecule has 0 bridgehead atoms. The van der Waals surface area contributed by atoms with Crippen molar-refractivity contribution in [2.45, 2.75) is 26.2 Å². The lowest BCUT2D eigenvalue weighted by atomic mass is 10.1. The van der Waals surface area contributed by atoms with Gasteiger partial charge < -0.3 is 10.1 Å². The van der Waals surface area contributed by atoms with Crippen molar-refractivity contribution in [1.29, 1.82) is 5.26 Å². The first-order valence-corrected chi connectivity index (χ1v) is 7.84. The lowest BCUT2D eigenvalue weighted by Crippen LogP contribution is -2.13. The third-order valence-electron chi connectivity index (χ3n) is 3.02. The van der Waals surface area contributed by atoms with E-state index in [9.17, 15) is 9.59 Å². The first-order chi connectivity index (χ1) is 10.7. The predicted molar refractivity (Wildman–Crippen MR) is 85.9 cm³/mol. The van der Waals surface area contributed by atoms with E-state index < -0.39 is 11.9 Å². The molecule has 0 unspecified atom stereocenters. The van der Waals surface area contributed by atoms with Gasteiger partial charge >= 0.3 is 5.97 Å². The second-order valence-corrected chi connectivity index (χ2v) is 5.73. The monoisotopic (exact) mass is 316 g/mol. The highest BCUT2D eigenvalue weighted by Crippen LogP contribution is 2.36. The quantitative estimate of drug-likeness (QED) is 0.651. The molecule has 0 saturated heterocycles. The summed E-state index contributed by atoms with van der Waals surface area (Å²) >= 11 is 1.30. The summed E-state index contributed by atoms with van der Waals surface area (Å²) in [7, 11) is 0. The van der Waals surface area contributed by atoms with Gasteiger partial charge in [-0.15, -0.1) is 11.3 Å². The van der Waals surface area contributed by atoms with E-state index in [1.54, 1.807) is 6.07 Å². The normalized spacial score (nSPS) is 10.2. The Hall–Kier alpha value is -2.39. The van der Waals surface area contributed by atoms with Crippen LogP contribution in [-0.2, 0) is 9.53 Å². The number of hydrogen-bond donors (Lipinski definition) is 1. The van der Waals surface area contributed by atoms with Gasteiger partial charge in [-0.25, -0.2) is 4.79 Å². The number of nitrogens with zero attached hydrogens (tertiary/aromatic N) is 1. The SMILES string of the molecule is CCCCOC(=O)c1c(NC(=O)CC#N)sc2ccccc12. The lowest BCUT2D eigenvalue weighted by molar-refractivity contribution is -0.115. The van der Waals surface area contributed by atoms with Gasteiger partial charge in [-0.05, 0) is 12.5 Å². The van der Waals surface area contributed by atoms with Crippen LogP contribution < -0.4 is 5.32 Å². The maximum atomic E-state index is 12.3. The van der Waals surface area contributed by atoms with Gasteiger partial charge in [0.25, 0.3) is 0 Å². The maximum absolute atomic E-state index is 12.3. The van der Waals surface area contributed by atoms with Crippen LogP contribution in [0.4, 0.5) is 5.00 Å². The zero-order valence-corrected chi connectivity index (χ0v) is 13.0. The number of anilines is 1. The largest absolute Gasteiger partial charge is 0.462 e. The highest BCUT2D eigenvalue weighted by atomic mass is 32.1. The Labute approximate surface area is 132 Å². The molecule has 2 aromatic rings. The molecule has 0 fully saturated rings. The van der Waals surface area contributed by atoms with E-state index in [0.717, 1.165) is 22.9 Å². The lowest BCUT2D eigenvalue weighted by Gasteiger charge is -2.06. The number of carbonyl (C=O) groups is 2. The fourth-order valence-corrected chi connectivity index (χ4v) is 3.07. The molecule has 0 saturated carbocycles. The molecule has 0 radical (unpaired) electrons. The van der Waals surface area contributed by atoms with Gasteiger partial charge in [0.15, 0.2) is 0 Å². The van der Waals surface area contributed by atoms with Crippen LogP contribution in [0.5, 0.6) is 0 Å². The molecule has 1 aromatic heterocycles. The van der Waals surface area contributed by atoms with Gasteiger partial charge in [-0.1, -0.05) is 31.5 Å². The van der Waals surface area contributed by atoms with Crippen molar-refractivity contribution in [3.8, 4) is 6.07 Å². The van der Waals surface area contributed by atoms with Gasteiger partial charge in [0.1, 0.15) is 17.0 Å². The van der Waals surface area contributed by atoms with Crippen LogP contribution in [0.3, 0.4) is 0 Å². The summed E-state index contributed by atoms with van der Waals surface area (Å²) in [4.78, 5) is 24.0. The fraction of sp³-hybridized carbons (Fsp3) is 0.312. The molecule has 1 heterocycles. The second-order valence-electron chi connectivity index (χ2n) is 4.67. The van der Waals surface area contributed by atoms with Crippen LogP contribution in [0.25, 0.3) is 10.1 Å². The van der Waals surface area contributed by atoms with E-state index in [1.165, 1.54) is 11.3 Å². The minimum atomic E-state index is -0.446. The Kier molecular flexibility index (Phi) is 5.50. The summed E-state index contributed by atoms with van der Waals surface area (Å²) in [6.07, 6.45) is 1.48. The summed E-state index contributed by atoms with van der Waals surface area (Å²) < 4.78 is 6.15. The first-order valence-electron chi connectivity index (χ1n) is 7.02. The smallest absolute Gasteiger partial charge is 0.341 e. The molecule has 1 aromatic carbocycles. The zero-order valence-electron chi connectivity index (χ0n) is 12.2. The van der Waals surface area contributed by atoms with Crippen LogP contribution in [-0.4, -0.2) is 18.5 Å². The van der Waals surface area contributed by atoms with Gasteiger partial charge in [0.2, 0.25) is 5.91 Å². The maximum Gasteiger partial charge on any atom is 0.341 e. The topological polar surface area (TPSA) is 79.2 Å². The number of fused-ring (bicyclic) bond motifs is 1. The van der Waals surface area contributed by atoms with Gasteiger partial charge in [-0.2, -0.15) is 5.26 Å². The van der Waals surface area contributed by atoms with E-state index in [0.29, 0.717) is 17.2 Å². The third kappa shape index (κ3) is 3.62. The molecule has 0 aliphatic rings. The molecular formula is C16H16N2O3S. The van der Waals surface area contributed by atoms with E-state index in [2.05, 4.69) is 5.32 Å². The average Bonchev–Trinajstić information content (AvgIpc) is 2.85. The first kappa shape index (κ1) is 16.0. The minimum Gasteiger partial charge on any atom is -0.462 e. The van der Waals surface area contributed by atoms with Crippen molar-refractivity contribution >= 4 is 38.3 Å². The number of unbranched alkanes of at least 4 members (excludes halogenated alkanes) is 1. The van der Waals surface area contributed by atoms with Gasteiger partial charge in [-0.3, -0.25) is 4.79 Å². The number of nitrogens with one attached hydrogen (secondary N) is 1. The molecule has 0 aliphatic carbocycles. The number of amides is 1. The molecule has 0 spiro atoms. The number of ether oxygens (including phenoxy) is 1. The number of hydrogen-bond acceptors (Lipinski definition) is 5. The van der Waals surface area contributed by atoms with Crippen molar-refractivity contribution in [3.05, 3.63) is 29.8 Å². The van der Waals surface area contributed by atoms with E-state index >= 15 is 0 Å². The molecule has 0 atom stereocenters. The van der Waals surface area contributed by atoms with Crippen molar-refractivity contribution in [3.63, 3.8) is 0 Å². The van der Waals surface area contributed by atoms with Crippen molar-refractivity contribution in [1.82, 2.24) is 0 Å². The summed E-state index contributed by atoms with van der Waals surface area (Å²) in [5.41, 5.74) is 0.364. The van der Waals surface area contributed by atoms with Crippen molar-refractivity contribution in [2.75, 3.05) is 11.9 Å². The Balaban J connectivity index is 2.34. The molecule has 22 heavy (non-hydrogen) atoms. The van der Waals surface area contributed by atoms with E-state index in [4.69, 9.17) is 10.00 Å². The Morgan fingerprint density at radius 1 is 1.36 bits per heavy atom. The zero-order chi connectivity index (χ0) is 15.9. The molecule has 5 nitrogen and oxygen atoms in total.